The number of carbonyl (C=O) groups is 3. The fourth-order valence-electron chi connectivity index (χ4n) is 2.29. The fraction of sp³-hybridized carbons (Fsp3) is 0.500. The molecule has 1 aromatic heterocycles. The predicted molar refractivity (Wildman–Crippen MR) is 88.9 cm³/mol. The molecule has 1 atom stereocenters. The number of anilines is 2. The van der Waals surface area contributed by atoms with Crippen LogP contribution in [0.4, 0.5) is 16.3 Å². The molecule has 1 aromatic rings. The number of carbonyl (C=O) groups excluding carboxylic acids is 3. The molecule has 2 rings (SSSR count). The lowest BCUT2D eigenvalue weighted by atomic mass is 10.2. The molecule has 8 heteroatoms. The Balaban J connectivity index is 2.23. The van der Waals surface area contributed by atoms with Crippen LogP contribution < -0.4 is 15.5 Å². The smallest absolute Gasteiger partial charge is 0.408 e. The van der Waals surface area contributed by atoms with Gasteiger partial charge in [-0.05, 0) is 39.8 Å². The summed E-state index contributed by atoms with van der Waals surface area (Å²) in [5.41, 5.74) is -0.166. The number of rotatable bonds is 3. The second-order valence-electron chi connectivity index (χ2n) is 6.58. The van der Waals surface area contributed by atoms with Gasteiger partial charge in [-0.15, -0.1) is 0 Å². The van der Waals surface area contributed by atoms with Gasteiger partial charge in [-0.1, -0.05) is 0 Å². The lowest BCUT2D eigenvalue weighted by Gasteiger charge is -2.25. The minimum Gasteiger partial charge on any atom is -0.444 e. The zero-order chi connectivity index (χ0) is 17.9. The maximum Gasteiger partial charge on any atom is 0.408 e. The number of Topliss-reactive ketones (excluding diaryl/α,β-unsaturated/α-hetero) is 1. The maximum absolute atomic E-state index is 12.8. The van der Waals surface area contributed by atoms with Crippen molar-refractivity contribution in [3.05, 3.63) is 18.3 Å². The summed E-state index contributed by atoms with van der Waals surface area (Å²) in [5, 5.41) is 5.57. The van der Waals surface area contributed by atoms with Crippen LogP contribution in [0.5, 0.6) is 0 Å². The number of hydrogen-bond acceptors (Lipinski definition) is 6. The van der Waals surface area contributed by atoms with Crippen molar-refractivity contribution >= 4 is 29.3 Å². The highest BCUT2D eigenvalue weighted by molar-refractivity contribution is 6.05. The molecular weight excluding hydrogens is 312 g/mol. The minimum atomic E-state index is -0.867. The Kier molecular flexibility index (Phi) is 5.06. The second-order valence-corrected chi connectivity index (χ2v) is 6.58. The van der Waals surface area contributed by atoms with Crippen molar-refractivity contribution in [2.75, 3.05) is 23.3 Å². The first-order valence-electron chi connectivity index (χ1n) is 7.66. The van der Waals surface area contributed by atoms with Crippen LogP contribution in [0.15, 0.2) is 18.3 Å². The number of pyridine rings is 1. The third-order valence-corrected chi connectivity index (χ3v) is 3.19. The van der Waals surface area contributed by atoms with Gasteiger partial charge in [0, 0.05) is 12.7 Å². The van der Waals surface area contributed by atoms with Gasteiger partial charge in [0.25, 0.3) is 5.91 Å². The number of amides is 2. The number of aromatic nitrogens is 1. The molecule has 2 amide bonds. The van der Waals surface area contributed by atoms with Gasteiger partial charge in [0.2, 0.25) is 0 Å². The molecule has 0 radical (unpaired) electrons. The van der Waals surface area contributed by atoms with Crippen molar-refractivity contribution in [3.8, 4) is 0 Å². The zero-order valence-electron chi connectivity index (χ0n) is 14.3. The summed E-state index contributed by atoms with van der Waals surface area (Å²) in [6.45, 7) is 6.67. The highest BCUT2D eigenvalue weighted by Crippen LogP contribution is 2.26. The average Bonchev–Trinajstić information content (AvgIpc) is 2.57. The van der Waals surface area contributed by atoms with Crippen molar-refractivity contribution in [1.82, 2.24) is 10.3 Å². The lowest BCUT2D eigenvalue weighted by Crippen LogP contribution is -2.52. The zero-order valence-corrected chi connectivity index (χ0v) is 14.3. The number of nitrogens with one attached hydrogen (secondary N) is 2. The van der Waals surface area contributed by atoms with Gasteiger partial charge in [0.15, 0.2) is 0 Å². The van der Waals surface area contributed by atoms with Gasteiger partial charge in [0.05, 0.1) is 12.2 Å². The third-order valence-electron chi connectivity index (χ3n) is 3.19. The van der Waals surface area contributed by atoms with Gasteiger partial charge in [-0.3, -0.25) is 14.5 Å². The fourth-order valence-corrected chi connectivity index (χ4v) is 2.29. The summed E-state index contributed by atoms with van der Waals surface area (Å²) in [4.78, 5) is 41.8. The molecule has 1 aliphatic rings. The maximum atomic E-state index is 12.8. The minimum absolute atomic E-state index is 0.0916. The van der Waals surface area contributed by atoms with Crippen LogP contribution in [0.3, 0.4) is 0 Å². The summed E-state index contributed by atoms with van der Waals surface area (Å²) in [5.74, 6) is -0.0769. The van der Waals surface area contributed by atoms with Gasteiger partial charge in [-0.25, -0.2) is 9.78 Å². The first kappa shape index (κ1) is 17.7. The van der Waals surface area contributed by atoms with E-state index in [0.717, 1.165) is 0 Å². The van der Waals surface area contributed by atoms with E-state index in [0.29, 0.717) is 11.5 Å². The molecular formula is C16H22N4O4. The van der Waals surface area contributed by atoms with Crippen LogP contribution in [-0.4, -0.2) is 47.5 Å². The molecule has 1 aliphatic heterocycles. The summed E-state index contributed by atoms with van der Waals surface area (Å²) >= 11 is 0. The summed E-state index contributed by atoms with van der Waals surface area (Å²) < 4.78 is 5.19. The van der Waals surface area contributed by atoms with Crippen LogP contribution in [0.1, 0.15) is 27.7 Å². The number of fused-ring (bicyclic) bond motifs is 1. The Morgan fingerprint density at radius 3 is 2.79 bits per heavy atom. The van der Waals surface area contributed by atoms with E-state index in [-0.39, 0.29) is 18.9 Å². The van der Waals surface area contributed by atoms with Crippen molar-refractivity contribution in [2.45, 2.75) is 39.3 Å². The van der Waals surface area contributed by atoms with E-state index in [9.17, 15) is 14.4 Å². The quantitative estimate of drug-likeness (QED) is 0.865. The molecule has 2 heterocycles. The Morgan fingerprint density at radius 1 is 1.46 bits per heavy atom. The first-order valence-corrected chi connectivity index (χ1v) is 7.66. The molecule has 0 saturated heterocycles. The van der Waals surface area contributed by atoms with E-state index in [4.69, 9.17) is 4.74 Å². The average molecular weight is 334 g/mol. The summed E-state index contributed by atoms with van der Waals surface area (Å²) in [6, 6.07) is 2.52. The van der Waals surface area contributed by atoms with Crippen molar-refractivity contribution < 1.29 is 19.1 Å². The molecule has 0 aromatic carbocycles. The molecule has 24 heavy (non-hydrogen) atoms. The van der Waals surface area contributed by atoms with Crippen LogP contribution in [0.2, 0.25) is 0 Å². The van der Waals surface area contributed by atoms with E-state index < -0.39 is 23.6 Å². The van der Waals surface area contributed by atoms with E-state index in [1.165, 1.54) is 11.8 Å². The Hall–Kier alpha value is -2.64. The van der Waals surface area contributed by atoms with Gasteiger partial charge in [-0.2, -0.15) is 0 Å². The van der Waals surface area contributed by atoms with E-state index in [2.05, 4.69) is 15.6 Å². The van der Waals surface area contributed by atoms with E-state index >= 15 is 0 Å². The Bertz CT molecular complexity index is 654. The molecule has 2 N–H and O–H groups in total. The second kappa shape index (κ2) is 6.86. The predicted octanol–water partition coefficient (Wildman–Crippen LogP) is 1.32. The molecule has 0 spiro atoms. The van der Waals surface area contributed by atoms with Crippen LogP contribution in [0, 0.1) is 0 Å². The highest BCUT2D eigenvalue weighted by atomic mass is 16.6. The molecule has 0 unspecified atom stereocenters. The van der Waals surface area contributed by atoms with Crippen molar-refractivity contribution in [2.24, 2.45) is 0 Å². The van der Waals surface area contributed by atoms with Crippen molar-refractivity contribution in [1.29, 1.82) is 0 Å². The van der Waals surface area contributed by atoms with Crippen LogP contribution in [-0.2, 0) is 14.3 Å². The normalized spacial score (nSPS) is 17.4. The summed E-state index contributed by atoms with van der Waals surface area (Å²) in [7, 11) is 0. The molecule has 130 valence electrons. The number of hydrogen-bond donors (Lipinski definition) is 2. The number of alkyl carbamates (subject to hydrolysis) is 1. The summed E-state index contributed by atoms with van der Waals surface area (Å²) in [6.07, 6.45) is 0.897. The Labute approximate surface area is 140 Å². The molecule has 0 fully saturated rings. The number of ether oxygens (including phenoxy) is 1. The van der Waals surface area contributed by atoms with Gasteiger partial charge >= 0.3 is 6.09 Å². The van der Waals surface area contributed by atoms with Gasteiger partial charge in [0.1, 0.15) is 23.2 Å². The SMILES string of the molecule is CC(=O)CN1C(=O)[C@@H](NC(=O)OC(C)(C)C)CNc2ncccc21. The topological polar surface area (TPSA) is 101 Å². The highest BCUT2D eigenvalue weighted by Gasteiger charge is 2.33. The van der Waals surface area contributed by atoms with Crippen LogP contribution in [0.25, 0.3) is 0 Å². The number of nitrogens with zero attached hydrogens (tertiary/aromatic N) is 2. The van der Waals surface area contributed by atoms with Crippen molar-refractivity contribution in [3.63, 3.8) is 0 Å². The first-order chi connectivity index (χ1) is 11.2. The lowest BCUT2D eigenvalue weighted by molar-refractivity contribution is -0.123. The van der Waals surface area contributed by atoms with Crippen LogP contribution >= 0.6 is 0 Å². The monoisotopic (exact) mass is 334 g/mol. The molecule has 0 saturated carbocycles. The number of ketones is 1. The van der Waals surface area contributed by atoms with Gasteiger partial charge < -0.3 is 15.4 Å². The third kappa shape index (κ3) is 4.43. The molecule has 0 bridgehead atoms. The Morgan fingerprint density at radius 2 is 2.17 bits per heavy atom. The van der Waals surface area contributed by atoms with E-state index in [1.54, 1.807) is 39.1 Å². The molecule has 8 nitrogen and oxygen atoms in total. The van der Waals surface area contributed by atoms with E-state index in [1.807, 2.05) is 0 Å². The molecule has 0 aliphatic carbocycles. The largest absolute Gasteiger partial charge is 0.444 e. The standard InChI is InChI=1S/C16H22N4O4/c1-10(21)9-20-12-6-5-7-17-13(12)18-8-11(14(20)22)19-15(23)24-16(2,3)4/h5-7,11H,8-9H2,1-4H3,(H,17,18)(H,19,23)/t11-/m0/s1.